The number of nitro benzene ring substituents is 1. The molecule has 1 aromatic carbocycles. The number of carbonyl (C=O) groups is 1. The molecule has 1 saturated heterocycles. The van der Waals surface area contributed by atoms with Crippen molar-refractivity contribution in [3.05, 3.63) is 33.9 Å². The predicted octanol–water partition coefficient (Wildman–Crippen LogP) is 1.55. The Morgan fingerprint density at radius 2 is 2.05 bits per heavy atom. The monoisotopic (exact) mass is 263 g/mol. The van der Waals surface area contributed by atoms with E-state index in [0.717, 1.165) is 18.8 Å². The first-order valence-electron chi connectivity index (χ1n) is 6.11. The second-order valence-corrected chi connectivity index (χ2v) is 5.04. The van der Waals surface area contributed by atoms with Gasteiger partial charge >= 0.3 is 0 Å². The van der Waals surface area contributed by atoms with Gasteiger partial charge in [0.2, 0.25) is 0 Å². The average molecular weight is 263 g/mol. The fourth-order valence-corrected chi connectivity index (χ4v) is 2.15. The van der Waals surface area contributed by atoms with Crippen LogP contribution in [0.2, 0.25) is 0 Å². The zero-order valence-electron chi connectivity index (χ0n) is 11.3. The summed E-state index contributed by atoms with van der Waals surface area (Å²) in [5, 5.41) is 10.9. The standard InChI is InChI=1S/C13H17N3O3/c1-9(17)12-6-10(4-5-13(12)16(18)19)15-7-11(8-15)14(2)3/h4-6,11H,7-8H2,1-3H3. The Labute approximate surface area is 111 Å². The van der Waals surface area contributed by atoms with Crippen molar-refractivity contribution in [1.82, 2.24) is 4.90 Å². The van der Waals surface area contributed by atoms with E-state index < -0.39 is 4.92 Å². The summed E-state index contributed by atoms with van der Waals surface area (Å²) in [7, 11) is 4.05. The molecule has 1 aliphatic heterocycles. The molecule has 0 saturated carbocycles. The summed E-state index contributed by atoms with van der Waals surface area (Å²) >= 11 is 0. The van der Waals surface area contributed by atoms with Crippen LogP contribution in [-0.2, 0) is 0 Å². The molecule has 0 atom stereocenters. The van der Waals surface area contributed by atoms with Crippen LogP contribution in [0.15, 0.2) is 18.2 Å². The highest BCUT2D eigenvalue weighted by molar-refractivity contribution is 5.99. The molecule has 0 bridgehead atoms. The number of benzene rings is 1. The van der Waals surface area contributed by atoms with E-state index in [9.17, 15) is 14.9 Å². The number of ketones is 1. The molecular weight excluding hydrogens is 246 g/mol. The maximum atomic E-state index is 11.5. The number of nitrogens with zero attached hydrogens (tertiary/aromatic N) is 3. The lowest BCUT2D eigenvalue weighted by atomic mass is 10.0. The maximum absolute atomic E-state index is 11.5. The van der Waals surface area contributed by atoms with Gasteiger partial charge < -0.3 is 9.80 Å². The van der Waals surface area contributed by atoms with Gasteiger partial charge in [-0.25, -0.2) is 0 Å². The van der Waals surface area contributed by atoms with Crippen molar-refractivity contribution in [2.45, 2.75) is 13.0 Å². The number of nitro groups is 1. The SMILES string of the molecule is CC(=O)c1cc(N2CC(N(C)C)C2)ccc1[N+](=O)[O-]. The molecule has 0 unspecified atom stereocenters. The number of carbonyl (C=O) groups excluding carboxylic acids is 1. The van der Waals surface area contributed by atoms with Crippen LogP contribution in [0, 0.1) is 10.1 Å². The molecule has 102 valence electrons. The summed E-state index contributed by atoms with van der Waals surface area (Å²) in [6.07, 6.45) is 0. The third kappa shape index (κ3) is 2.58. The summed E-state index contributed by atoms with van der Waals surface area (Å²) in [5.41, 5.74) is 0.922. The molecular formula is C13H17N3O3. The number of hydrogen-bond donors (Lipinski definition) is 0. The van der Waals surface area contributed by atoms with Gasteiger partial charge in [0.1, 0.15) is 0 Å². The second-order valence-electron chi connectivity index (χ2n) is 5.04. The Morgan fingerprint density at radius 1 is 1.42 bits per heavy atom. The Hall–Kier alpha value is -1.95. The summed E-state index contributed by atoms with van der Waals surface area (Å²) in [6.45, 7) is 3.11. The molecule has 6 heteroatoms. The summed E-state index contributed by atoms with van der Waals surface area (Å²) in [4.78, 5) is 26.1. The highest BCUT2D eigenvalue weighted by Crippen LogP contribution is 2.28. The van der Waals surface area contributed by atoms with E-state index >= 15 is 0 Å². The molecule has 1 aromatic rings. The van der Waals surface area contributed by atoms with E-state index in [4.69, 9.17) is 0 Å². The fraction of sp³-hybridized carbons (Fsp3) is 0.462. The normalized spacial score (nSPS) is 15.5. The molecule has 6 nitrogen and oxygen atoms in total. The molecule has 0 aliphatic carbocycles. The summed E-state index contributed by atoms with van der Waals surface area (Å²) in [6, 6.07) is 5.23. The Kier molecular flexibility index (Phi) is 3.53. The van der Waals surface area contributed by atoms with E-state index in [0.29, 0.717) is 6.04 Å². The van der Waals surface area contributed by atoms with Gasteiger partial charge in [0.05, 0.1) is 10.5 Å². The number of rotatable bonds is 4. The van der Waals surface area contributed by atoms with Crippen molar-refractivity contribution in [3.8, 4) is 0 Å². The van der Waals surface area contributed by atoms with Gasteiger partial charge in [-0.2, -0.15) is 0 Å². The van der Waals surface area contributed by atoms with Gasteiger partial charge in [-0.15, -0.1) is 0 Å². The van der Waals surface area contributed by atoms with Gasteiger partial charge in [-0.05, 0) is 33.2 Å². The van der Waals surface area contributed by atoms with Gasteiger partial charge in [-0.3, -0.25) is 14.9 Å². The van der Waals surface area contributed by atoms with Crippen LogP contribution in [0.4, 0.5) is 11.4 Å². The van der Waals surface area contributed by atoms with Crippen LogP contribution in [0.1, 0.15) is 17.3 Å². The molecule has 1 heterocycles. The number of Topliss-reactive ketones (excluding diaryl/α,β-unsaturated/α-hetero) is 1. The first-order chi connectivity index (χ1) is 8.90. The topological polar surface area (TPSA) is 66.7 Å². The van der Waals surface area contributed by atoms with E-state index in [2.05, 4.69) is 9.80 Å². The molecule has 1 fully saturated rings. The van der Waals surface area contributed by atoms with Crippen LogP contribution >= 0.6 is 0 Å². The molecule has 0 spiro atoms. The lowest BCUT2D eigenvalue weighted by Gasteiger charge is -2.44. The maximum Gasteiger partial charge on any atom is 0.280 e. The first kappa shape index (κ1) is 13.5. The first-order valence-corrected chi connectivity index (χ1v) is 6.11. The van der Waals surface area contributed by atoms with Crippen molar-refractivity contribution >= 4 is 17.2 Å². The number of likely N-dealkylation sites (N-methyl/N-ethyl adjacent to an activating group) is 1. The highest BCUT2D eigenvalue weighted by atomic mass is 16.6. The van der Waals surface area contributed by atoms with Crippen molar-refractivity contribution < 1.29 is 9.72 Å². The Bertz CT molecular complexity index is 522. The van der Waals surface area contributed by atoms with Crippen molar-refractivity contribution in [2.24, 2.45) is 0 Å². The minimum Gasteiger partial charge on any atom is -0.368 e. The van der Waals surface area contributed by atoms with Gasteiger partial charge in [0.25, 0.3) is 5.69 Å². The van der Waals surface area contributed by atoms with E-state index in [-0.39, 0.29) is 17.0 Å². The Morgan fingerprint density at radius 3 is 2.53 bits per heavy atom. The summed E-state index contributed by atoms with van der Waals surface area (Å²) < 4.78 is 0. The van der Waals surface area contributed by atoms with E-state index in [1.54, 1.807) is 12.1 Å². The predicted molar refractivity (Wildman–Crippen MR) is 72.8 cm³/mol. The van der Waals surface area contributed by atoms with Crippen LogP contribution in [0.5, 0.6) is 0 Å². The number of anilines is 1. The van der Waals surface area contributed by atoms with Crippen molar-refractivity contribution in [2.75, 3.05) is 32.1 Å². The Balaban J connectivity index is 2.23. The quantitative estimate of drug-likeness (QED) is 0.468. The molecule has 0 N–H and O–H groups in total. The van der Waals surface area contributed by atoms with Crippen molar-refractivity contribution in [3.63, 3.8) is 0 Å². The molecule has 0 amide bonds. The minimum absolute atomic E-state index is 0.124. The minimum atomic E-state index is -0.515. The van der Waals surface area contributed by atoms with Crippen LogP contribution < -0.4 is 4.90 Å². The highest BCUT2D eigenvalue weighted by Gasteiger charge is 2.29. The van der Waals surface area contributed by atoms with Gasteiger partial charge in [0, 0.05) is 30.9 Å². The molecule has 2 rings (SSSR count). The third-order valence-electron chi connectivity index (χ3n) is 3.51. The van der Waals surface area contributed by atoms with Crippen LogP contribution in [0.3, 0.4) is 0 Å². The average Bonchev–Trinajstić information content (AvgIpc) is 2.25. The third-order valence-corrected chi connectivity index (χ3v) is 3.51. The zero-order valence-corrected chi connectivity index (χ0v) is 11.3. The molecule has 0 aromatic heterocycles. The van der Waals surface area contributed by atoms with Gasteiger partial charge in [0.15, 0.2) is 5.78 Å². The van der Waals surface area contributed by atoms with Crippen LogP contribution in [-0.4, -0.2) is 48.8 Å². The molecule has 0 radical (unpaired) electrons. The summed E-state index contributed by atoms with van der Waals surface area (Å²) in [5.74, 6) is -0.279. The van der Waals surface area contributed by atoms with Crippen LogP contribution in [0.25, 0.3) is 0 Å². The lowest BCUT2D eigenvalue weighted by molar-refractivity contribution is -0.385. The zero-order chi connectivity index (χ0) is 14.2. The molecule has 19 heavy (non-hydrogen) atoms. The van der Waals surface area contributed by atoms with E-state index in [1.807, 2.05) is 14.1 Å². The fourth-order valence-electron chi connectivity index (χ4n) is 2.15. The lowest BCUT2D eigenvalue weighted by Crippen LogP contribution is -2.57. The largest absolute Gasteiger partial charge is 0.368 e. The van der Waals surface area contributed by atoms with Crippen molar-refractivity contribution in [1.29, 1.82) is 0 Å². The smallest absolute Gasteiger partial charge is 0.280 e. The van der Waals surface area contributed by atoms with Gasteiger partial charge in [-0.1, -0.05) is 0 Å². The van der Waals surface area contributed by atoms with E-state index in [1.165, 1.54) is 13.0 Å². The molecule has 1 aliphatic rings. The second kappa shape index (κ2) is 4.97. The number of hydrogen-bond acceptors (Lipinski definition) is 5.